The highest BCUT2D eigenvalue weighted by molar-refractivity contribution is 6.43. The van der Waals surface area contributed by atoms with Gasteiger partial charge in [0.15, 0.2) is 5.78 Å². The van der Waals surface area contributed by atoms with Crippen LogP contribution in [0.3, 0.4) is 0 Å². The van der Waals surface area contributed by atoms with Gasteiger partial charge in [-0.3, -0.25) is 9.79 Å². The Morgan fingerprint density at radius 1 is 1.03 bits per heavy atom. The van der Waals surface area contributed by atoms with Gasteiger partial charge in [-0.2, -0.15) is 0 Å². The maximum Gasteiger partial charge on any atom is 0.166 e. The molecule has 198 valence electrons. The number of aryl methyl sites for hydroxylation is 2. The van der Waals surface area contributed by atoms with Crippen molar-refractivity contribution < 1.29 is 4.79 Å². The predicted molar refractivity (Wildman–Crippen MR) is 160 cm³/mol. The average Bonchev–Trinajstić information content (AvgIpc) is 3.04. The van der Waals surface area contributed by atoms with E-state index >= 15 is 0 Å². The zero-order valence-electron chi connectivity index (χ0n) is 23.0. The second kappa shape index (κ2) is 11.1. The van der Waals surface area contributed by atoms with E-state index in [9.17, 15) is 4.79 Å². The molecule has 0 radical (unpaired) electrons. The van der Waals surface area contributed by atoms with Gasteiger partial charge in [0.25, 0.3) is 0 Å². The van der Waals surface area contributed by atoms with Crippen molar-refractivity contribution in [1.82, 2.24) is 0 Å². The van der Waals surface area contributed by atoms with Crippen LogP contribution in [0.25, 0.3) is 5.57 Å². The Labute approximate surface area is 231 Å². The maximum absolute atomic E-state index is 13.9. The molecule has 4 nitrogen and oxygen atoms in total. The van der Waals surface area contributed by atoms with Crippen molar-refractivity contribution in [2.45, 2.75) is 79.1 Å². The summed E-state index contributed by atoms with van der Waals surface area (Å²) in [5.74, 6) is 1.07. The first-order valence-corrected chi connectivity index (χ1v) is 14.4. The number of fused-ring (bicyclic) bond motifs is 1. The van der Waals surface area contributed by atoms with Gasteiger partial charge in [0.05, 0.1) is 11.4 Å². The summed E-state index contributed by atoms with van der Waals surface area (Å²) in [6.45, 7) is 8.06. The molecule has 2 aliphatic heterocycles. The molecule has 1 saturated carbocycles. The van der Waals surface area contributed by atoms with Crippen molar-refractivity contribution >= 4 is 40.6 Å². The zero-order valence-corrected chi connectivity index (χ0v) is 23.8. The third kappa shape index (κ3) is 5.33. The molecule has 5 heteroatoms. The summed E-state index contributed by atoms with van der Waals surface area (Å²) in [5.41, 5.74) is 9.93. The molecule has 38 heavy (non-hydrogen) atoms. The first-order valence-electron chi connectivity index (χ1n) is 14.0. The molecular formula is C33H38ClN3O. The molecule has 1 N–H and O–H groups in total. The molecule has 1 aromatic carbocycles. The van der Waals surface area contributed by atoms with Crippen molar-refractivity contribution in [3.05, 3.63) is 74.6 Å². The first kappa shape index (κ1) is 26.7. The number of aliphatic imine (C=N–C) groups is 2. The lowest BCUT2D eigenvalue weighted by Crippen LogP contribution is -2.18. The third-order valence-electron chi connectivity index (χ3n) is 8.82. The number of benzene rings is 1. The fourth-order valence-corrected chi connectivity index (χ4v) is 6.76. The van der Waals surface area contributed by atoms with Gasteiger partial charge in [0, 0.05) is 35.7 Å². The second-order valence-corrected chi connectivity index (χ2v) is 11.8. The molecule has 0 spiro atoms. The van der Waals surface area contributed by atoms with Crippen LogP contribution in [0.5, 0.6) is 0 Å². The maximum atomic E-state index is 13.9. The molecule has 3 atom stereocenters. The molecule has 2 heterocycles. The predicted octanol–water partition coefficient (Wildman–Crippen LogP) is 8.73. The number of rotatable bonds is 4. The van der Waals surface area contributed by atoms with E-state index in [0.29, 0.717) is 29.1 Å². The van der Waals surface area contributed by atoms with E-state index in [1.807, 2.05) is 20.1 Å². The van der Waals surface area contributed by atoms with Crippen molar-refractivity contribution in [2.24, 2.45) is 27.7 Å². The molecule has 1 fully saturated rings. The highest BCUT2D eigenvalue weighted by Crippen LogP contribution is 2.39. The van der Waals surface area contributed by atoms with Gasteiger partial charge in [-0.1, -0.05) is 42.3 Å². The number of allylic oxidation sites excluding steroid dienone is 7. The van der Waals surface area contributed by atoms with E-state index in [4.69, 9.17) is 17.0 Å². The number of Topliss-reactive ketones (excluding diaryl/α,β-unsaturated/α-hetero) is 1. The van der Waals surface area contributed by atoms with Crippen LogP contribution in [-0.2, 0) is 0 Å². The van der Waals surface area contributed by atoms with Gasteiger partial charge in [0.2, 0.25) is 0 Å². The summed E-state index contributed by atoms with van der Waals surface area (Å²) in [5, 5.41) is 8.95. The Hall–Kier alpha value is -2.85. The van der Waals surface area contributed by atoms with Crippen LogP contribution in [-0.4, -0.2) is 23.4 Å². The molecule has 4 aliphatic rings. The van der Waals surface area contributed by atoms with Crippen molar-refractivity contribution in [1.29, 1.82) is 5.41 Å². The number of halogens is 1. The molecule has 2 aliphatic carbocycles. The zero-order chi connectivity index (χ0) is 27.0. The Kier molecular flexibility index (Phi) is 7.81. The summed E-state index contributed by atoms with van der Waals surface area (Å²) in [4.78, 5) is 22.9. The molecule has 0 aromatic heterocycles. The van der Waals surface area contributed by atoms with E-state index in [1.165, 1.54) is 5.57 Å². The van der Waals surface area contributed by atoms with E-state index in [-0.39, 0.29) is 11.7 Å². The number of carbonyl (C=O) groups excluding carboxylic acids is 1. The highest BCUT2D eigenvalue weighted by Gasteiger charge is 2.29. The van der Waals surface area contributed by atoms with E-state index in [2.05, 4.69) is 54.2 Å². The fraction of sp³-hybridized carbons (Fsp3) is 0.455. The first-order chi connectivity index (χ1) is 18.2. The number of nitrogens with zero attached hydrogens (tertiary/aromatic N) is 2. The average molecular weight is 528 g/mol. The van der Waals surface area contributed by atoms with Crippen molar-refractivity contribution in [2.75, 3.05) is 0 Å². The van der Waals surface area contributed by atoms with Gasteiger partial charge in [-0.15, -0.1) is 0 Å². The molecular weight excluding hydrogens is 490 g/mol. The van der Waals surface area contributed by atoms with Crippen molar-refractivity contribution in [3.63, 3.8) is 0 Å². The largest absolute Gasteiger partial charge is 0.303 e. The molecule has 3 unspecified atom stereocenters. The highest BCUT2D eigenvalue weighted by atomic mass is 35.5. The Bertz CT molecular complexity index is 1370. The van der Waals surface area contributed by atoms with Crippen LogP contribution in [0.15, 0.2) is 62.3 Å². The molecule has 0 amide bonds. The van der Waals surface area contributed by atoms with Gasteiger partial charge in [-0.25, -0.2) is 4.99 Å². The SMILES string of the molecule is CC1=NC(C)=C(c2cc(C(=O)C3CCCC(C4=C/C5=C(Cl)N=CC5CC/C=C\4)CC3)c(C)cc2C)CC1=N. The number of ketones is 1. The number of hydrogen-bond donors (Lipinski definition) is 1. The van der Waals surface area contributed by atoms with Crippen LogP contribution in [0.1, 0.15) is 92.3 Å². The number of carbonyl (C=O) groups is 1. The quantitative estimate of drug-likeness (QED) is 0.237. The standard InChI is InChI=1S/C33H38ClN3O/c1-19-14-20(2)28(16-27(19)29-17-31(35)22(4)37-21(29)3)32(38)24-11-7-10-23(12-13-24)25-8-5-6-9-26-18-36-33(34)30(26)15-25/h5,8,14-16,18,23-24,26,35H,6-7,9-13,17H2,1-4H3/b8-5-,25-15+,35-31?. The normalized spacial score (nSPS) is 28.2. The van der Waals surface area contributed by atoms with Crippen molar-refractivity contribution in [3.8, 4) is 0 Å². The van der Waals surface area contributed by atoms with E-state index < -0.39 is 0 Å². The summed E-state index contributed by atoms with van der Waals surface area (Å²) in [6.07, 6.45) is 16.5. The monoisotopic (exact) mass is 527 g/mol. The Morgan fingerprint density at radius 3 is 2.66 bits per heavy atom. The smallest absolute Gasteiger partial charge is 0.166 e. The number of hydrogen-bond acceptors (Lipinski definition) is 4. The van der Waals surface area contributed by atoms with Crippen LogP contribution in [0.4, 0.5) is 0 Å². The van der Waals surface area contributed by atoms with Gasteiger partial charge < -0.3 is 5.41 Å². The summed E-state index contributed by atoms with van der Waals surface area (Å²) in [6, 6.07) is 4.23. The minimum Gasteiger partial charge on any atom is -0.303 e. The molecule has 0 bridgehead atoms. The van der Waals surface area contributed by atoms with Crippen LogP contribution in [0, 0.1) is 37.0 Å². The minimum atomic E-state index is 0.0396. The Balaban J connectivity index is 1.37. The topological polar surface area (TPSA) is 65.6 Å². The lowest BCUT2D eigenvalue weighted by Gasteiger charge is -2.22. The van der Waals surface area contributed by atoms with Gasteiger partial charge >= 0.3 is 0 Å². The van der Waals surface area contributed by atoms with E-state index in [1.54, 1.807) is 0 Å². The summed E-state index contributed by atoms with van der Waals surface area (Å²) >= 11 is 6.45. The molecule has 5 rings (SSSR count). The second-order valence-electron chi connectivity index (χ2n) is 11.4. The number of nitrogens with one attached hydrogen (secondary N) is 1. The van der Waals surface area contributed by atoms with E-state index in [0.717, 1.165) is 89.8 Å². The third-order valence-corrected chi connectivity index (χ3v) is 9.13. The fourth-order valence-electron chi connectivity index (χ4n) is 6.51. The van der Waals surface area contributed by atoms with Crippen LogP contribution < -0.4 is 0 Å². The molecule has 1 aromatic rings. The van der Waals surface area contributed by atoms with Gasteiger partial charge in [0.1, 0.15) is 5.16 Å². The van der Waals surface area contributed by atoms with Crippen LogP contribution in [0.2, 0.25) is 0 Å². The van der Waals surface area contributed by atoms with Gasteiger partial charge in [-0.05, 0) is 112 Å². The minimum absolute atomic E-state index is 0.0396. The summed E-state index contributed by atoms with van der Waals surface area (Å²) in [7, 11) is 0. The van der Waals surface area contributed by atoms with Crippen LogP contribution >= 0.6 is 11.6 Å². The summed E-state index contributed by atoms with van der Waals surface area (Å²) < 4.78 is 0. The lowest BCUT2D eigenvalue weighted by molar-refractivity contribution is 0.0906. The Morgan fingerprint density at radius 2 is 1.84 bits per heavy atom. The molecule has 0 saturated heterocycles. The lowest BCUT2D eigenvalue weighted by atomic mass is 9.83.